The molecule has 0 radical (unpaired) electrons. The minimum Gasteiger partial charge on any atom is -0.228 e. The van der Waals surface area contributed by atoms with Crippen LogP contribution in [0.25, 0.3) is 0 Å². The van der Waals surface area contributed by atoms with Gasteiger partial charge in [-0.15, -0.1) is 8.80 Å². The van der Waals surface area contributed by atoms with E-state index < -0.39 is 20.0 Å². The summed E-state index contributed by atoms with van der Waals surface area (Å²) in [6.07, 6.45) is 6.58. The first-order valence-corrected chi connectivity index (χ1v) is 16.4. The Morgan fingerprint density at radius 3 is 1.09 bits per heavy atom. The van der Waals surface area contributed by atoms with Gasteiger partial charge in [-0.3, -0.25) is 0 Å². The molecule has 0 saturated heterocycles. The van der Waals surface area contributed by atoms with Crippen LogP contribution in [0.4, 0.5) is 0 Å². The first-order chi connectivity index (χ1) is 21.1. The summed E-state index contributed by atoms with van der Waals surface area (Å²) in [5.74, 6) is 0.0400. The van der Waals surface area contributed by atoms with E-state index >= 15 is 0 Å². The number of allylic oxidation sites excluding steroid dienone is 4. The van der Waals surface area contributed by atoms with Crippen molar-refractivity contribution in [2.75, 3.05) is 0 Å². The molecule has 44 heavy (non-hydrogen) atoms. The van der Waals surface area contributed by atoms with Crippen LogP contribution in [-0.4, -0.2) is 39.9 Å². The Hall–Kier alpha value is -5.06. The van der Waals surface area contributed by atoms with E-state index in [1.807, 2.05) is 26.0 Å². The predicted molar refractivity (Wildman–Crippen MR) is 176 cm³/mol. The summed E-state index contributed by atoms with van der Waals surface area (Å²) in [7, 11) is -8.08. The van der Waals surface area contributed by atoms with Crippen molar-refractivity contribution in [2.24, 2.45) is 18.8 Å². The highest BCUT2D eigenvalue weighted by molar-refractivity contribution is 7.90. The van der Waals surface area contributed by atoms with Crippen LogP contribution in [0.3, 0.4) is 0 Å². The van der Waals surface area contributed by atoms with Crippen molar-refractivity contribution in [1.82, 2.24) is 0 Å². The van der Waals surface area contributed by atoms with Crippen LogP contribution < -0.4 is 0 Å². The van der Waals surface area contributed by atoms with Crippen molar-refractivity contribution in [3.05, 3.63) is 156 Å². The normalized spacial score (nSPS) is 14.0. The van der Waals surface area contributed by atoms with Gasteiger partial charge < -0.3 is 0 Å². The molecule has 0 fully saturated rings. The Morgan fingerprint density at radius 2 is 0.773 bits per heavy atom. The molecule has 0 amide bonds. The Kier molecular flexibility index (Phi) is 9.03. The van der Waals surface area contributed by atoms with Crippen molar-refractivity contribution in [3.63, 3.8) is 0 Å². The number of benzene rings is 4. The summed E-state index contributed by atoms with van der Waals surface area (Å²) in [5, 5.41) is 0. The highest BCUT2D eigenvalue weighted by Gasteiger charge is 2.17. The summed E-state index contributed by atoms with van der Waals surface area (Å²) in [4.78, 5) is 9.22. The van der Waals surface area contributed by atoms with Crippen molar-refractivity contribution < 1.29 is 16.8 Å². The third-order valence-corrected chi connectivity index (χ3v) is 9.00. The minimum absolute atomic E-state index is 0.0200. The molecular formula is C34H28N4O4S2. The number of sulfonamides is 2. The first-order valence-electron chi connectivity index (χ1n) is 13.6. The van der Waals surface area contributed by atoms with E-state index in [-0.39, 0.29) is 21.5 Å². The predicted octanol–water partition coefficient (Wildman–Crippen LogP) is 6.28. The van der Waals surface area contributed by atoms with Crippen LogP contribution in [-0.2, 0) is 20.0 Å². The Bertz CT molecular complexity index is 1890. The van der Waals surface area contributed by atoms with Gasteiger partial charge in [-0.2, -0.15) is 16.8 Å². The van der Waals surface area contributed by atoms with E-state index in [2.05, 4.69) is 18.8 Å². The van der Waals surface area contributed by atoms with Gasteiger partial charge >= 0.3 is 0 Å². The average Bonchev–Trinajstić information content (AvgIpc) is 3.02. The molecule has 4 aromatic rings. The maximum Gasteiger partial charge on any atom is 0.284 e. The van der Waals surface area contributed by atoms with Crippen LogP contribution >= 0.6 is 0 Å². The van der Waals surface area contributed by atoms with Gasteiger partial charge in [-0.25, -0.2) is 9.98 Å². The topological polar surface area (TPSA) is 118 Å². The zero-order valence-corrected chi connectivity index (χ0v) is 25.6. The summed E-state index contributed by atoms with van der Waals surface area (Å²) < 4.78 is 60.7. The monoisotopic (exact) mass is 620 g/mol. The van der Waals surface area contributed by atoms with Gasteiger partial charge in [-0.1, -0.05) is 96.1 Å². The largest absolute Gasteiger partial charge is 0.284 e. The Balaban J connectivity index is 1.50. The molecular weight excluding hydrogens is 593 g/mol. The SMILES string of the molecule is Cc1ccc(S(=O)(=O)N=C(N=C2C=CC(=NC(=NS(=O)(=O)c3ccc(C)cc3)c3ccccc3)C=C2)c2ccccc2)cc1. The lowest BCUT2D eigenvalue weighted by molar-refractivity contribution is 0.596. The maximum absolute atomic E-state index is 13.1. The van der Waals surface area contributed by atoms with E-state index in [4.69, 9.17) is 0 Å². The summed E-state index contributed by atoms with van der Waals surface area (Å²) in [6, 6.07) is 30.5. The fourth-order valence-electron chi connectivity index (χ4n) is 4.05. The lowest BCUT2D eigenvalue weighted by Crippen LogP contribution is -2.10. The molecule has 8 nitrogen and oxygen atoms in total. The van der Waals surface area contributed by atoms with Crippen molar-refractivity contribution in [2.45, 2.75) is 23.6 Å². The molecule has 5 rings (SSSR count). The van der Waals surface area contributed by atoms with Crippen LogP contribution in [0.2, 0.25) is 0 Å². The van der Waals surface area contributed by atoms with Crippen molar-refractivity contribution in [1.29, 1.82) is 0 Å². The van der Waals surface area contributed by atoms with Crippen LogP contribution in [0.15, 0.2) is 162 Å². The fourth-order valence-corrected chi connectivity index (χ4v) is 5.97. The molecule has 0 heterocycles. The lowest BCUT2D eigenvalue weighted by Gasteiger charge is -2.08. The Morgan fingerprint density at radius 1 is 0.455 bits per heavy atom. The highest BCUT2D eigenvalue weighted by Crippen LogP contribution is 2.18. The van der Waals surface area contributed by atoms with Gasteiger partial charge in [-0.05, 0) is 62.4 Å². The third kappa shape index (κ3) is 7.66. The molecule has 0 N–H and O–H groups in total. The van der Waals surface area contributed by atoms with E-state index in [9.17, 15) is 16.8 Å². The summed E-state index contributed by atoms with van der Waals surface area (Å²) in [5.41, 5.74) is 3.76. The minimum atomic E-state index is -4.04. The average molecular weight is 621 g/mol. The van der Waals surface area contributed by atoms with Gasteiger partial charge in [0.25, 0.3) is 20.0 Å². The number of hydrogen-bond acceptors (Lipinski definition) is 4. The van der Waals surface area contributed by atoms with Gasteiger partial charge in [0.05, 0.1) is 21.2 Å². The highest BCUT2D eigenvalue weighted by atomic mass is 32.2. The van der Waals surface area contributed by atoms with Crippen LogP contribution in [0.1, 0.15) is 22.3 Å². The van der Waals surface area contributed by atoms with Crippen molar-refractivity contribution >= 4 is 43.1 Å². The van der Waals surface area contributed by atoms with Gasteiger partial charge in [0, 0.05) is 11.1 Å². The molecule has 10 heteroatoms. The maximum atomic E-state index is 13.1. The summed E-state index contributed by atoms with van der Waals surface area (Å²) >= 11 is 0. The smallest absolute Gasteiger partial charge is 0.228 e. The molecule has 4 aromatic carbocycles. The number of hydrogen-bond donors (Lipinski definition) is 0. The fraction of sp³-hybridized carbons (Fsp3) is 0.0588. The molecule has 0 atom stereocenters. The number of aliphatic imine (C=N–C) groups is 2. The molecule has 1 aliphatic rings. The zero-order valence-electron chi connectivity index (χ0n) is 23.9. The van der Waals surface area contributed by atoms with E-state index in [1.54, 1.807) is 97.1 Å². The van der Waals surface area contributed by atoms with E-state index in [0.29, 0.717) is 22.6 Å². The zero-order chi connectivity index (χ0) is 31.2. The number of rotatable bonds is 6. The molecule has 220 valence electrons. The molecule has 0 unspecified atom stereocenters. The summed E-state index contributed by atoms with van der Waals surface area (Å²) in [6.45, 7) is 3.75. The lowest BCUT2D eigenvalue weighted by atomic mass is 10.1. The van der Waals surface area contributed by atoms with Crippen LogP contribution in [0.5, 0.6) is 0 Å². The quantitative estimate of drug-likeness (QED) is 0.143. The number of amidine groups is 2. The number of aryl methyl sites for hydroxylation is 2. The second-order valence-electron chi connectivity index (χ2n) is 9.88. The second-order valence-corrected chi connectivity index (χ2v) is 13.1. The van der Waals surface area contributed by atoms with E-state index in [1.165, 1.54) is 24.3 Å². The van der Waals surface area contributed by atoms with Gasteiger partial charge in [0.1, 0.15) is 0 Å². The second kappa shape index (κ2) is 13.1. The molecule has 0 bridgehead atoms. The van der Waals surface area contributed by atoms with Crippen molar-refractivity contribution in [3.8, 4) is 0 Å². The third-order valence-electron chi connectivity index (χ3n) is 6.43. The van der Waals surface area contributed by atoms with Crippen LogP contribution in [0, 0.1) is 13.8 Å². The molecule has 1 aliphatic carbocycles. The molecule has 0 aromatic heterocycles. The molecule has 0 aliphatic heterocycles. The first kappa shape index (κ1) is 30.4. The van der Waals surface area contributed by atoms with Gasteiger partial charge in [0.15, 0.2) is 11.7 Å². The molecule has 0 spiro atoms. The number of nitrogens with zero attached hydrogens (tertiary/aromatic N) is 4. The standard InChI is InChI=1S/C34H28N4O4S2/c1-25-13-21-31(22-14-25)43(39,40)37-33(27-9-5-3-6-10-27)35-29-17-19-30(20-18-29)36-34(28-11-7-4-8-12-28)38-44(41,42)32-23-15-26(2)16-24-32/h3-24H,1-2H3. The molecule has 0 saturated carbocycles. The van der Waals surface area contributed by atoms with Gasteiger partial charge in [0.2, 0.25) is 0 Å². The Labute approximate surface area is 257 Å². The van der Waals surface area contributed by atoms with E-state index in [0.717, 1.165) is 11.1 Å².